The molecule has 3 heterocycles. The number of nitrogens with one attached hydrogen (secondary N) is 2. The van der Waals surface area contributed by atoms with E-state index >= 15 is 0 Å². The fourth-order valence-electron chi connectivity index (χ4n) is 5.40. The molecular weight excluding hydrogens is 536 g/mol. The second kappa shape index (κ2) is 13.5. The number of aromatic nitrogens is 1. The second-order valence-corrected chi connectivity index (χ2v) is 10.6. The predicted molar refractivity (Wildman–Crippen MR) is 159 cm³/mol. The second-order valence-electron chi connectivity index (χ2n) is 10.6. The van der Waals surface area contributed by atoms with Crippen LogP contribution in [0.2, 0.25) is 0 Å². The maximum atomic E-state index is 13.4. The zero-order valence-corrected chi connectivity index (χ0v) is 23.6. The molecule has 3 atom stereocenters. The molecule has 0 aliphatic carbocycles. The van der Waals surface area contributed by atoms with Crippen LogP contribution in [0.25, 0.3) is 22.2 Å². The van der Waals surface area contributed by atoms with Crippen molar-refractivity contribution in [3.8, 4) is 22.8 Å². The van der Waals surface area contributed by atoms with Crippen molar-refractivity contribution in [3.05, 3.63) is 66.7 Å². The van der Waals surface area contributed by atoms with Crippen molar-refractivity contribution < 1.29 is 29.0 Å². The van der Waals surface area contributed by atoms with E-state index in [1.807, 2.05) is 66.7 Å². The largest absolute Gasteiger partial charge is 0.497 e. The Morgan fingerprint density at radius 3 is 2.64 bits per heavy atom. The van der Waals surface area contributed by atoms with Gasteiger partial charge in [-0.3, -0.25) is 4.79 Å². The number of carbonyl (C=O) groups excluding carboxylic acids is 2. The topological polar surface area (TPSA) is 133 Å². The van der Waals surface area contributed by atoms with Crippen LogP contribution in [0.1, 0.15) is 38.5 Å². The molecule has 219 valence electrons. The Labute approximate surface area is 244 Å². The lowest BCUT2D eigenvalue weighted by Gasteiger charge is -2.17. The molecule has 2 aliphatic rings. The Bertz CT molecular complexity index is 1460. The molecule has 1 fully saturated rings. The number of methoxy groups -OCH3 is 1. The summed E-state index contributed by atoms with van der Waals surface area (Å²) in [5, 5.41) is 16.1. The number of carboxylic acid groups (broad SMARTS) is 1. The number of hydrogen-bond acceptors (Lipinski definition) is 6. The van der Waals surface area contributed by atoms with E-state index in [1.165, 1.54) is 4.90 Å². The number of nitrogens with zero attached hydrogens (tertiary/aromatic N) is 2. The minimum Gasteiger partial charge on any atom is -0.497 e. The molecule has 3 aromatic rings. The fraction of sp³-hybridized carbons (Fsp3) is 0.375. The number of carboxylic acids is 1. The Hall–Kier alpha value is -4.44. The van der Waals surface area contributed by atoms with Gasteiger partial charge in [0.1, 0.15) is 17.5 Å². The van der Waals surface area contributed by atoms with Crippen LogP contribution in [0, 0.1) is 0 Å². The monoisotopic (exact) mass is 572 g/mol. The third kappa shape index (κ3) is 6.88. The zero-order chi connectivity index (χ0) is 29.5. The van der Waals surface area contributed by atoms with Crippen LogP contribution in [0.15, 0.2) is 66.7 Å². The molecule has 10 heteroatoms. The highest BCUT2D eigenvalue weighted by Crippen LogP contribution is 2.34. The van der Waals surface area contributed by atoms with E-state index in [2.05, 4.69) is 10.6 Å². The molecule has 3 amide bonds. The summed E-state index contributed by atoms with van der Waals surface area (Å²) in [4.78, 5) is 44.9. The van der Waals surface area contributed by atoms with Crippen LogP contribution in [0.5, 0.6) is 11.5 Å². The van der Waals surface area contributed by atoms with Gasteiger partial charge >= 0.3 is 12.0 Å². The molecule has 2 aliphatic heterocycles. The van der Waals surface area contributed by atoms with E-state index in [-0.39, 0.29) is 25.4 Å². The summed E-state index contributed by atoms with van der Waals surface area (Å²) in [6.07, 6.45) is 7.03. The number of aliphatic carboxylic acids is 1. The highest BCUT2D eigenvalue weighted by atomic mass is 16.5. The lowest BCUT2D eigenvalue weighted by atomic mass is 10.1. The molecule has 5 rings (SSSR count). The van der Waals surface area contributed by atoms with Crippen molar-refractivity contribution in [2.24, 2.45) is 0 Å². The van der Waals surface area contributed by atoms with E-state index in [4.69, 9.17) is 14.5 Å². The Balaban J connectivity index is 1.44. The number of carbonyl (C=O) groups is 3. The van der Waals surface area contributed by atoms with E-state index in [0.717, 1.165) is 30.2 Å². The molecule has 3 N–H and O–H groups in total. The quantitative estimate of drug-likeness (QED) is 0.306. The first kappa shape index (κ1) is 29.1. The number of rotatable bonds is 5. The van der Waals surface area contributed by atoms with Gasteiger partial charge in [-0.1, -0.05) is 47.4 Å². The van der Waals surface area contributed by atoms with Gasteiger partial charge in [-0.2, -0.15) is 0 Å². The van der Waals surface area contributed by atoms with Crippen LogP contribution in [-0.4, -0.2) is 66.4 Å². The molecule has 1 saturated heterocycles. The summed E-state index contributed by atoms with van der Waals surface area (Å²) in [6.45, 7) is 0.655. The third-order valence-electron chi connectivity index (χ3n) is 7.65. The smallest absolute Gasteiger partial charge is 0.465 e. The van der Waals surface area contributed by atoms with Crippen LogP contribution >= 0.6 is 0 Å². The van der Waals surface area contributed by atoms with E-state index in [0.29, 0.717) is 35.7 Å². The van der Waals surface area contributed by atoms with Gasteiger partial charge < -0.3 is 25.2 Å². The first-order valence-electron chi connectivity index (χ1n) is 14.4. The zero-order valence-electron chi connectivity index (χ0n) is 23.6. The number of amides is 3. The molecule has 2 aromatic carbocycles. The molecule has 10 nitrogen and oxygen atoms in total. The summed E-state index contributed by atoms with van der Waals surface area (Å²) < 4.78 is 11.9. The molecule has 0 spiro atoms. The van der Waals surface area contributed by atoms with Gasteiger partial charge in [0.05, 0.1) is 24.7 Å². The van der Waals surface area contributed by atoms with Crippen molar-refractivity contribution in [2.75, 3.05) is 20.2 Å². The molecular formula is C32H36N4O6+. The van der Waals surface area contributed by atoms with Crippen molar-refractivity contribution in [3.63, 3.8) is 0 Å². The number of urea groups is 1. The minimum absolute atomic E-state index is 0.170. The van der Waals surface area contributed by atoms with Crippen molar-refractivity contribution in [1.29, 1.82) is 0 Å². The molecule has 0 saturated carbocycles. The highest BCUT2D eigenvalue weighted by molar-refractivity contribution is 5.92. The van der Waals surface area contributed by atoms with Gasteiger partial charge in [0.25, 0.3) is 5.91 Å². The number of benzene rings is 2. The Morgan fingerprint density at radius 2 is 1.86 bits per heavy atom. The first-order chi connectivity index (χ1) is 20.4. The molecule has 0 bridgehead atoms. The maximum Gasteiger partial charge on any atom is 0.465 e. The number of hydrogen-bond donors (Lipinski definition) is 3. The number of allylic oxidation sites excluding steroid dienone is 2. The molecule has 1 aromatic heterocycles. The molecule has 42 heavy (non-hydrogen) atoms. The van der Waals surface area contributed by atoms with E-state index in [1.54, 1.807) is 7.11 Å². The first-order valence-corrected chi connectivity index (χ1v) is 14.4. The van der Waals surface area contributed by atoms with Crippen LogP contribution in [-0.2, 0) is 9.59 Å². The average Bonchev–Trinajstić information content (AvgIpc) is 3.43. The highest BCUT2D eigenvalue weighted by Gasteiger charge is 2.51. The van der Waals surface area contributed by atoms with Crippen molar-refractivity contribution in [1.82, 2.24) is 20.5 Å². The third-order valence-corrected chi connectivity index (χ3v) is 7.65. The summed E-state index contributed by atoms with van der Waals surface area (Å²) in [6, 6.07) is 14.9. The summed E-state index contributed by atoms with van der Waals surface area (Å²) in [7, 11) is 1.60. The van der Waals surface area contributed by atoms with Gasteiger partial charge in [0.2, 0.25) is 6.04 Å². The lowest BCUT2D eigenvalue weighted by Crippen LogP contribution is -2.56. The van der Waals surface area contributed by atoms with Crippen LogP contribution in [0.4, 0.5) is 4.79 Å². The molecule has 3 unspecified atom stereocenters. The van der Waals surface area contributed by atoms with Crippen molar-refractivity contribution in [2.45, 2.75) is 56.7 Å². The van der Waals surface area contributed by atoms with Crippen molar-refractivity contribution >= 4 is 28.8 Å². The van der Waals surface area contributed by atoms with Gasteiger partial charge in [0.15, 0.2) is 12.6 Å². The normalized spacial score (nSPS) is 22.4. The van der Waals surface area contributed by atoms with Crippen LogP contribution in [0.3, 0.4) is 0 Å². The SMILES string of the molecule is COc1ccc2c(OC3CC4C(=O)NC(C(=O)O)CCC=CCCCCNC(=O)[N+]4C3)cc(-c3ccccc3)nc2c1. The average molecular weight is 573 g/mol. The standard InChI is InChI=1S/C32H36N4O6/c1-41-22-14-15-24-27(17-22)34-26(21-11-7-6-8-12-21)19-29(24)42-23-18-28-30(37)35-25(31(38)39)13-9-4-2-3-5-10-16-33-32(40)36(28)20-23/h2,4,6-8,11-12,14-15,17,19,23,25,28H,3,5,9-10,13,16,18,20H2,1H3,(H,33,40)(H,35,37)(H,38,39)/q+1. The fourth-order valence-corrected chi connectivity index (χ4v) is 5.40. The van der Waals surface area contributed by atoms with Gasteiger partial charge in [-0.25, -0.2) is 14.6 Å². The van der Waals surface area contributed by atoms with E-state index in [9.17, 15) is 19.5 Å². The Morgan fingerprint density at radius 1 is 1.05 bits per heavy atom. The number of pyridine rings is 1. The van der Waals surface area contributed by atoms with Gasteiger partial charge in [-0.05, 0) is 44.2 Å². The van der Waals surface area contributed by atoms with Gasteiger partial charge in [0, 0.05) is 29.6 Å². The van der Waals surface area contributed by atoms with Gasteiger partial charge in [-0.15, -0.1) is 0 Å². The summed E-state index contributed by atoms with van der Waals surface area (Å²) in [5.74, 6) is -0.369. The minimum atomic E-state index is -1.10. The van der Waals surface area contributed by atoms with Crippen LogP contribution < -0.4 is 25.0 Å². The number of fused-ring (bicyclic) bond motifs is 2. The molecule has 1 radical (unpaired) electrons. The maximum absolute atomic E-state index is 13.4. The lowest BCUT2D eigenvalue weighted by molar-refractivity contribution is -0.142. The predicted octanol–water partition coefficient (Wildman–Crippen LogP) is 4.37. The summed E-state index contributed by atoms with van der Waals surface area (Å²) in [5.41, 5.74) is 2.32. The number of ether oxygens (including phenoxy) is 2. The van der Waals surface area contributed by atoms with E-state index < -0.39 is 30.1 Å². The Kier molecular flexibility index (Phi) is 9.33. The summed E-state index contributed by atoms with van der Waals surface area (Å²) >= 11 is 0.